The van der Waals surface area contributed by atoms with Crippen molar-refractivity contribution in [1.82, 2.24) is 0 Å². The fourth-order valence-corrected chi connectivity index (χ4v) is 0.695. The van der Waals surface area contributed by atoms with Crippen molar-refractivity contribution in [1.29, 1.82) is 0 Å². The quantitative estimate of drug-likeness (QED) is 0.727. The molecule has 3 heteroatoms. The Morgan fingerprint density at radius 1 is 1.00 bits per heavy atom. The third kappa shape index (κ3) is 40.6. The number of unbranched alkanes of at least 4 members (excludes halogenated alkanes) is 2. The van der Waals surface area contributed by atoms with Gasteiger partial charge < -0.3 is 10.5 Å². The Morgan fingerprint density at radius 2 is 1.43 bits per heavy atom. The molecule has 2 nitrogen and oxygen atoms in total. The number of hydrogen-bond donors (Lipinski definition) is 1. The number of hydrogen-bond acceptors (Lipinski definition) is 2. The number of halogens is 1. The molecule has 0 aliphatic carbocycles. The van der Waals surface area contributed by atoms with E-state index in [0.29, 0.717) is 0 Å². The summed E-state index contributed by atoms with van der Waals surface area (Å²) in [4.78, 5) is 10.4. The number of nitrogens with two attached hydrogens (primary N) is 1. The Bertz CT molecular complexity index is 87.4. The summed E-state index contributed by atoms with van der Waals surface area (Å²) < 4.78 is 0. The van der Waals surface area contributed by atoms with E-state index in [-0.39, 0.29) is 18.2 Å². The molecule has 0 heterocycles. The fourth-order valence-electron chi connectivity index (χ4n) is 0.695. The molecule has 90 valence electrons. The minimum Gasteiger partial charge on any atom is -0.330 e. The van der Waals surface area contributed by atoms with Crippen LogP contribution in [0.15, 0.2) is 0 Å². The fraction of sp³-hybridized carbons (Fsp3) is 0.909. The molecular formula is C11H28ClNO. The molecule has 0 aromatic rings. The first kappa shape index (κ1) is 23.6. The molecule has 0 bridgehead atoms. The van der Waals surface area contributed by atoms with Gasteiger partial charge >= 0.3 is 0 Å². The normalized spacial score (nSPS) is 7.00. The van der Waals surface area contributed by atoms with Crippen LogP contribution in [0.2, 0.25) is 0 Å². The Balaban J connectivity index is -0.0000000883. The summed E-state index contributed by atoms with van der Waals surface area (Å²) in [5.41, 5.74) is 5.26. The topological polar surface area (TPSA) is 43.1 Å². The van der Waals surface area contributed by atoms with E-state index in [4.69, 9.17) is 5.73 Å². The van der Waals surface area contributed by atoms with Crippen molar-refractivity contribution in [2.24, 2.45) is 5.73 Å². The molecule has 14 heavy (non-hydrogen) atoms. The number of rotatable bonds is 5. The average Bonchev–Trinajstić information content (AvgIpc) is 2.19. The lowest BCUT2D eigenvalue weighted by Crippen LogP contribution is -1.98. The highest BCUT2D eigenvalue weighted by Gasteiger charge is 1.91. The lowest BCUT2D eigenvalue weighted by molar-refractivity contribution is -0.117. The number of ketones is 1. The van der Waals surface area contributed by atoms with Crippen molar-refractivity contribution in [2.45, 2.75) is 60.3 Å². The first-order chi connectivity index (χ1) is 6.27. The molecule has 0 saturated heterocycles. The van der Waals surface area contributed by atoms with Gasteiger partial charge in [-0.1, -0.05) is 34.1 Å². The molecule has 0 aliphatic rings. The SMILES string of the molecule is CC.CC.CC(=O)CCCCCN.Cl. The van der Waals surface area contributed by atoms with Gasteiger partial charge in [0.2, 0.25) is 0 Å². The van der Waals surface area contributed by atoms with E-state index in [0.717, 1.165) is 32.2 Å². The second kappa shape index (κ2) is 29.3. The molecule has 0 aromatic carbocycles. The molecule has 0 unspecified atom stereocenters. The number of Topliss-reactive ketones (excluding diaryl/α,β-unsaturated/α-hetero) is 1. The zero-order valence-electron chi connectivity index (χ0n) is 10.4. The number of carbonyl (C=O) groups excluding carboxylic acids is 1. The smallest absolute Gasteiger partial charge is 0.129 e. The Morgan fingerprint density at radius 3 is 1.71 bits per heavy atom. The second-order valence-corrected chi connectivity index (χ2v) is 2.30. The predicted octanol–water partition coefficient (Wildman–Crippen LogP) is 3.57. The largest absolute Gasteiger partial charge is 0.330 e. The number of carbonyl (C=O) groups is 1. The van der Waals surface area contributed by atoms with Gasteiger partial charge in [-0.25, -0.2) is 0 Å². The van der Waals surface area contributed by atoms with Crippen LogP contribution in [0.25, 0.3) is 0 Å². The first-order valence-corrected chi connectivity index (χ1v) is 5.47. The molecule has 0 rings (SSSR count). The summed E-state index contributed by atoms with van der Waals surface area (Å²) in [5.74, 6) is 0.284. The molecule has 0 spiro atoms. The van der Waals surface area contributed by atoms with E-state index in [9.17, 15) is 4.79 Å². The summed E-state index contributed by atoms with van der Waals surface area (Å²) in [6.45, 7) is 10.4. The van der Waals surface area contributed by atoms with Gasteiger partial charge in [-0.05, 0) is 26.3 Å². The second-order valence-electron chi connectivity index (χ2n) is 2.30. The van der Waals surface area contributed by atoms with Crippen LogP contribution in [0.4, 0.5) is 0 Å². The van der Waals surface area contributed by atoms with Crippen molar-refractivity contribution < 1.29 is 4.79 Å². The van der Waals surface area contributed by atoms with E-state index in [1.54, 1.807) is 6.92 Å². The zero-order valence-corrected chi connectivity index (χ0v) is 11.2. The zero-order chi connectivity index (χ0) is 11.1. The molecule has 0 amide bonds. The van der Waals surface area contributed by atoms with Crippen LogP contribution in [0.1, 0.15) is 60.3 Å². The van der Waals surface area contributed by atoms with Crippen molar-refractivity contribution in [2.75, 3.05) is 6.54 Å². The molecule has 0 saturated carbocycles. The van der Waals surface area contributed by atoms with Crippen LogP contribution in [0, 0.1) is 0 Å². The van der Waals surface area contributed by atoms with E-state index in [1.807, 2.05) is 27.7 Å². The average molecular weight is 226 g/mol. The van der Waals surface area contributed by atoms with Crippen LogP contribution < -0.4 is 5.73 Å². The van der Waals surface area contributed by atoms with Gasteiger partial charge in [-0.3, -0.25) is 0 Å². The van der Waals surface area contributed by atoms with Gasteiger partial charge in [0.1, 0.15) is 5.78 Å². The highest BCUT2D eigenvalue weighted by Crippen LogP contribution is 1.98. The van der Waals surface area contributed by atoms with Gasteiger partial charge in [0, 0.05) is 6.42 Å². The van der Waals surface area contributed by atoms with Gasteiger partial charge in [-0.2, -0.15) is 0 Å². The minimum absolute atomic E-state index is 0. The van der Waals surface area contributed by atoms with E-state index >= 15 is 0 Å². The lowest BCUT2D eigenvalue weighted by atomic mass is 10.1. The maximum atomic E-state index is 10.4. The Labute approximate surface area is 96.1 Å². The summed E-state index contributed by atoms with van der Waals surface area (Å²) in [7, 11) is 0. The van der Waals surface area contributed by atoms with Gasteiger partial charge in [0.15, 0.2) is 0 Å². The van der Waals surface area contributed by atoms with E-state index in [1.165, 1.54) is 0 Å². The van der Waals surface area contributed by atoms with Crippen LogP contribution in [0.3, 0.4) is 0 Å². The molecule has 0 aliphatic heterocycles. The lowest BCUT2D eigenvalue weighted by Gasteiger charge is -1.93. The summed E-state index contributed by atoms with van der Waals surface area (Å²) in [5, 5.41) is 0. The van der Waals surface area contributed by atoms with Crippen LogP contribution >= 0.6 is 12.4 Å². The summed E-state index contributed by atoms with van der Waals surface area (Å²) >= 11 is 0. The monoisotopic (exact) mass is 225 g/mol. The molecule has 0 radical (unpaired) electrons. The summed E-state index contributed by atoms with van der Waals surface area (Å²) in [6, 6.07) is 0. The Kier molecular flexibility index (Phi) is 49.4. The highest BCUT2D eigenvalue weighted by atomic mass is 35.5. The molecule has 2 N–H and O–H groups in total. The molecule has 0 atom stereocenters. The van der Waals surface area contributed by atoms with Crippen LogP contribution in [0.5, 0.6) is 0 Å². The van der Waals surface area contributed by atoms with Crippen molar-refractivity contribution in [3.05, 3.63) is 0 Å². The van der Waals surface area contributed by atoms with Gasteiger partial charge in [0.05, 0.1) is 0 Å². The predicted molar refractivity (Wildman–Crippen MR) is 68.1 cm³/mol. The van der Waals surface area contributed by atoms with Crippen molar-refractivity contribution in [3.63, 3.8) is 0 Å². The highest BCUT2D eigenvalue weighted by molar-refractivity contribution is 5.85. The summed E-state index contributed by atoms with van der Waals surface area (Å²) in [6.07, 6.45) is 3.87. The van der Waals surface area contributed by atoms with E-state index < -0.39 is 0 Å². The third-order valence-electron chi connectivity index (χ3n) is 1.23. The minimum atomic E-state index is 0. The molecule has 0 fully saturated rings. The molecular weight excluding hydrogens is 198 g/mol. The van der Waals surface area contributed by atoms with Crippen molar-refractivity contribution in [3.8, 4) is 0 Å². The van der Waals surface area contributed by atoms with Gasteiger partial charge in [0.25, 0.3) is 0 Å². The third-order valence-corrected chi connectivity index (χ3v) is 1.23. The van der Waals surface area contributed by atoms with Crippen LogP contribution in [-0.2, 0) is 4.79 Å². The van der Waals surface area contributed by atoms with E-state index in [2.05, 4.69) is 0 Å². The maximum Gasteiger partial charge on any atom is 0.129 e. The van der Waals surface area contributed by atoms with Crippen molar-refractivity contribution >= 4 is 18.2 Å². The maximum absolute atomic E-state index is 10.4. The van der Waals surface area contributed by atoms with Crippen LogP contribution in [-0.4, -0.2) is 12.3 Å². The Hall–Kier alpha value is -0.0800. The molecule has 0 aromatic heterocycles. The standard InChI is InChI=1S/C7H15NO.2C2H6.ClH/c1-7(9)5-3-2-4-6-8;2*1-2;/h2-6,8H2,1H3;2*1-2H3;1H. The first-order valence-electron chi connectivity index (χ1n) is 5.47. The van der Waals surface area contributed by atoms with Gasteiger partial charge in [-0.15, -0.1) is 12.4 Å².